The number of carbonyl (C=O) groups excluding carboxylic acids is 1. The molecule has 1 amide bonds. The van der Waals surface area contributed by atoms with Gasteiger partial charge in [0.15, 0.2) is 0 Å². The number of amides is 1. The van der Waals surface area contributed by atoms with Crippen molar-refractivity contribution in [3.05, 3.63) is 28.0 Å². The zero-order chi connectivity index (χ0) is 16.2. The highest BCUT2D eigenvalue weighted by molar-refractivity contribution is 9.10. The second kappa shape index (κ2) is 5.66. The quantitative estimate of drug-likeness (QED) is 0.749. The number of rotatable bonds is 4. The lowest BCUT2D eigenvalue weighted by Crippen LogP contribution is -2.32. The number of hydrogen-bond acceptors (Lipinski definition) is 3. The lowest BCUT2D eigenvalue weighted by atomic mass is 10.0. The molecule has 4 rings (SSSR count). The maximum atomic E-state index is 14.6. The van der Waals surface area contributed by atoms with Crippen LogP contribution in [-0.4, -0.2) is 22.7 Å². The number of benzene rings is 1. The highest BCUT2D eigenvalue weighted by atomic mass is 79.9. The van der Waals surface area contributed by atoms with Crippen molar-refractivity contribution in [1.29, 1.82) is 0 Å². The van der Waals surface area contributed by atoms with Gasteiger partial charge in [-0.1, -0.05) is 15.9 Å². The van der Waals surface area contributed by atoms with Crippen molar-refractivity contribution in [2.45, 2.75) is 62.3 Å². The highest BCUT2D eigenvalue weighted by Crippen LogP contribution is 2.47. The number of nitrogens with one attached hydrogen (secondary N) is 1. The van der Waals surface area contributed by atoms with Crippen molar-refractivity contribution in [2.24, 2.45) is 0 Å². The van der Waals surface area contributed by atoms with Crippen LogP contribution < -0.4 is 9.62 Å². The molecule has 1 N–H and O–H groups in total. The smallest absolute Gasteiger partial charge is 0.266 e. The summed E-state index contributed by atoms with van der Waals surface area (Å²) in [6.07, 6.45) is 6.78. The topological polar surface area (TPSA) is 32.3 Å². The summed E-state index contributed by atoms with van der Waals surface area (Å²) in [4.78, 5) is 14.9. The van der Waals surface area contributed by atoms with Crippen molar-refractivity contribution >= 4 is 39.5 Å². The van der Waals surface area contributed by atoms with E-state index in [2.05, 4.69) is 32.5 Å². The third-order valence-electron chi connectivity index (χ3n) is 5.34. The number of carbonyl (C=O) groups is 1. The Morgan fingerprint density at radius 1 is 1.30 bits per heavy atom. The van der Waals surface area contributed by atoms with Gasteiger partial charge in [0.05, 0.1) is 11.3 Å². The molecule has 2 saturated heterocycles. The first-order chi connectivity index (χ1) is 11.0. The van der Waals surface area contributed by atoms with Crippen LogP contribution in [0.3, 0.4) is 0 Å². The summed E-state index contributed by atoms with van der Waals surface area (Å²) in [6, 6.07) is 4.19. The second-order valence-corrected chi connectivity index (χ2v) is 9.44. The van der Waals surface area contributed by atoms with E-state index in [1.54, 1.807) is 0 Å². The van der Waals surface area contributed by atoms with Gasteiger partial charge in [-0.25, -0.2) is 4.39 Å². The van der Waals surface area contributed by atoms with Gasteiger partial charge in [0.25, 0.3) is 5.91 Å². The lowest BCUT2D eigenvalue weighted by molar-refractivity contribution is 0.0980. The molecule has 1 aromatic carbocycles. The Hall–Kier alpha value is -0.750. The number of halogens is 2. The van der Waals surface area contributed by atoms with E-state index in [0.717, 1.165) is 44.2 Å². The Bertz CT molecular complexity index is 644. The number of fused-ring (bicyclic) bond motifs is 2. The minimum Gasteiger partial charge on any atom is -0.365 e. The van der Waals surface area contributed by atoms with E-state index >= 15 is 0 Å². The van der Waals surface area contributed by atoms with E-state index in [9.17, 15) is 9.18 Å². The van der Waals surface area contributed by atoms with E-state index in [4.69, 9.17) is 0 Å². The molecule has 1 aliphatic carbocycles. The molecule has 0 radical (unpaired) electrons. The Balaban J connectivity index is 1.66. The molecule has 3 fully saturated rings. The molecular formula is C17H20BrFN2OS. The maximum Gasteiger partial charge on any atom is 0.266 e. The molecule has 0 atom stereocenters. The first-order valence-electron chi connectivity index (χ1n) is 8.23. The predicted molar refractivity (Wildman–Crippen MR) is 95.3 cm³/mol. The minimum absolute atomic E-state index is 0.133. The van der Waals surface area contributed by atoms with Crippen LogP contribution in [0.1, 0.15) is 55.8 Å². The molecule has 3 aliphatic rings. The van der Waals surface area contributed by atoms with Gasteiger partial charge < -0.3 is 4.90 Å². The summed E-state index contributed by atoms with van der Waals surface area (Å²) in [5.41, 5.74) is 0.949. The molecule has 0 unspecified atom stereocenters. The number of nitrogens with zero attached hydrogens (tertiary/aromatic N) is 1. The molecule has 0 spiro atoms. The summed E-state index contributed by atoms with van der Waals surface area (Å²) >= 11 is 4.81. The van der Waals surface area contributed by atoms with Crippen molar-refractivity contribution in [1.82, 2.24) is 4.72 Å². The van der Waals surface area contributed by atoms with Crippen LogP contribution in [-0.2, 0) is 0 Å². The van der Waals surface area contributed by atoms with Gasteiger partial charge in [0, 0.05) is 21.3 Å². The molecule has 1 aromatic rings. The van der Waals surface area contributed by atoms with Crippen molar-refractivity contribution < 1.29 is 9.18 Å². The van der Waals surface area contributed by atoms with Crippen molar-refractivity contribution in [2.75, 3.05) is 4.90 Å². The second-order valence-electron chi connectivity index (χ2n) is 7.13. The van der Waals surface area contributed by atoms with Crippen molar-refractivity contribution in [3.63, 3.8) is 0 Å². The fraction of sp³-hybridized carbons (Fsp3) is 0.588. The lowest BCUT2D eigenvalue weighted by Gasteiger charge is -2.27. The average Bonchev–Trinajstić information content (AvgIpc) is 2.95. The van der Waals surface area contributed by atoms with Gasteiger partial charge in [-0.3, -0.25) is 9.52 Å². The van der Waals surface area contributed by atoms with Crippen LogP contribution >= 0.6 is 27.9 Å². The molecule has 2 aliphatic heterocycles. The average molecular weight is 399 g/mol. The van der Waals surface area contributed by atoms with Crippen molar-refractivity contribution in [3.8, 4) is 0 Å². The van der Waals surface area contributed by atoms with Gasteiger partial charge >= 0.3 is 0 Å². The largest absolute Gasteiger partial charge is 0.365 e. The zero-order valence-electron chi connectivity index (χ0n) is 13.1. The Labute approximate surface area is 148 Å². The fourth-order valence-electron chi connectivity index (χ4n) is 3.79. The van der Waals surface area contributed by atoms with Gasteiger partial charge in [0.1, 0.15) is 5.82 Å². The maximum absolute atomic E-state index is 14.6. The molecule has 3 nitrogen and oxygen atoms in total. The molecule has 2 bridgehead atoms. The first-order valence-corrected chi connectivity index (χ1v) is 9.83. The monoisotopic (exact) mass is 398 g/mol. The van der Waals surface area contributed by atoms with Crippen LogP contribution in [0, 0.1) is 5.82 Å². The Morgan fingerprint density at radius 2 is 1.91 bits per heavy atom. The highest BCUT2D eigenvalue weighted by Gasteiger charge is 2.42. The SMILES string of the molecule is CC1(SNC(=O)c2c(F)cc(Br)cc2N2C3CCC2CC3)CC1. The molecule has 23 heavy (non-hydrogen) atoms. The molecule has 124 valence electrons. The van der Waals surface area contributed by atoms with E-state index in [0.29, 0.717) is 16.6 Å². The molecular weight excluding hydrogens is 379 g/mol. The number of anilines is 1. The van der Waals surface area contributed by atoms with Crippen LogP contribution in [0.2, 0.25) is 0 Å². The standard InChI is InChI=1S/C17H20BrFN2OS/c1-17(6-7-17)23-20-16(22)15-13(19)8-10(18)9-14(15)21-11-2-3-12(21)5-4-11/h8-9,11-12H,2-7H2,1H3,(H,20,22). The van der Waals surface area contributed by atoms with Gasteiger partial charge in [0.2, 0.25) is 0 Å². The van der Waals surface area contributed by atoms with E-state index < -0.39 is 5.82 Å². The molecule has 6 heteroatoms. The molecule has 1 saturated carbocycles. The first kappa shape index (κ1) is 15.8. The normalized spacial score (nSPS) is 27.3. The summed E-state index contributed by atoms with van der Waals surface area (Å²) < 4.78 is 18.3. The van der Waals surface area contributed by atoms with E-state index in [1.165, 1.54) is 18.0 Å². The fourth-order valence-corrected chi connectivity index (χ4v) is 4.96. The summed E-state index contributed by atoms with van der Waals surface area (Å²) in [5.74, 6) is -0.755. The predicted octanol–water partition coefficient (Wildman–Crippen LogP) is 4.65. The summed E-state index contributed by atoms with van der Waals surface area (Å²) in [6.45, 7) is 2.12. The van der Waals surface area contributed by atoms with Gasteiger partial charge in [-0.2, -0.15) is 0 Å². The van der Waals surface area contributed by atoms with E-state index in [-0.39, 0.29) is 16.2 Å². The zero-order valence-corrected chi connectivity index (χ0v) is 15.5. The van der Waals surface area contributed by atoms with Crippen LogP contribution in [0.4, 0.5) is 10.1 Å². The van der Waals surface area contributed by atoms with Crippen LogP contribution in [0.25, 0.3) is 0 Å². The Kier molecular flexibility index (Phi) is 3.88. The molecule has 2 heterocycles. The Morgan fingerprint density at radius 3 is 2.48 bits per heavy atom. The number of hydrogen-bond donors (Lipinski definition) is 1. The summed E-state index contributed by atoms with van der Waals surface area (Å²) in [5, 5.41) is 0. The minimum atomic E-state index is -0.445. The van der Waals surface area contributed by atoms with Crippen LogP contribution in [0.15, 0.2) is 16.6 Å². The third-order valence-corrected chi connectivity index (χ3v) is 6.98. The van der Waals surface area contributed by atoms with Gasteiger partial charge in [-0.15, -0.1) is 0 Å². The van der Waals surface area contributed by atoms with E-state index in [1.807, 2.05) is 6.07 Å². The third kappa shape index (κ3) is 2.88. The van der Waals surface area contributed by atoms with Crippen LogP contribution in [0.5, 0.6) is 0 Å². The molecule has 0 aromatic heterocycles. The van der Waals surface area contributed by atoms with Gasteiger partial charge in [-0.05, 0) is 69.5 Å². The summed E-state index contributed by atoms with van der Waals surface area (Å²) in [7, 11) is 0.